The van der Waals surface area contributed by atoms with Crippen LogP contribution in [0.4, 0.5) is 5.69 Å². The average Bonchev–Trinajstić information content (AvgIpc) is 2.94. The maximum Gasteiger partial charge on any atom is 0.328 e. The molecule has 0 aliphatic carbocycles. The van der Waals surface area contributed by atoms with Crippen LogP contribution >= 0.6 is 23.2 Å². The van der Waals surface area contributed by atoms with Crippen LogP contribution in [-0.2, 0) is 20.9 Å². The van der Waals surface area contributed by atoms with Crippen molar-refractivity contribution in [1.29, 1.82) is 0 Å². The first-order valence-electron chi connectivity index (χ1n) is 6.12. The number of carbonyl (C=O) groups is 2. The quantitative estimate of drug-likeness (QED) is 0.827. The SMILES string of the molecule is C[C@@H](OC(=O)Cn1cnnn1)C(=O)Nc1ccc(Cl)cc1Cl. The first-order valence-corrected chi connectivity index (χ1v) is 6.87. The summed E-state index contributed by atoms with van der Waals surface area (Å²) in [5.41, 5.74) is 0.374. The molecule has 1 atom stereocenters. The van der Waals surface area contributed by atoms with E-state index in [4.69, 9.17) is 27.9 Å². The standard InChI is InChI=1S/C12H11Cl2N5O3/c1-7(22-11(20)5-19-6-15-17-18-19)12(21)16-10-3-2-8(13)4-9(10)14/h2-4,6-7H,5H2,1H3,(H,16,21)/t7-/m1/s1. The summed E-state index contributed by atoms with van der Waals surface area (Å²) >= 11 is 11.7. The Balaban J connectivity index is 1.90. The summed E-state index contributed by atoms with van der Waals surface area (Å²) < 4.78 is 6.17. The molecule has 0 radical (unpaired) electrons. The monoisotopic (exact) mass is 343 g/mol. The molecule has 2 rings (SSSR count). The molecule has 1 N–H and O–H groups in total. The molecule has 0 spiro atoms. The Morgan fingerprint density at radius 3 is 2.82 bits per heavy atom. The fourth-order valence-electron chi connectivity index (χ4n) is 1.50. The van der Waals surface area contributed by atoms with Crippen molar-refractivity contribution in [3.63, 3.8) is 0 Å². The molecule has 1 aromatic heterocycles. The summed E-state index contributed by atoms with van der Waals surface area (Å²) in [5, 5.41) is 13.6. The van der Waals surface area contributed by atoms with Crippen LogP contribution in [0, 0.1) is 0 Å². The molecule has 8 nitrogen and oxygen atoms in total. The third-order valence-corrected chi connectivity index (χ3v) is 3.10. The van der Waals surface area contributed by atoms with Gasteiger partial charge >= 0.3 is 5.97 Å². The lowest BCUT2D eigenvalue weighted by molar-refractivity contribution is -0.153. The van der Waals surface area contributed by atoms with Gasteiger partial charge in [0.1, 0.15) is 12.9 Å². The first-order chi connectivity index (χ1) is 10.5. The van der Waals surface area contributed by atoms with E-state index in [1.807, 2.05) is 0 Å². The fraction of sp³-hybridized carbons (Fsp3) is 0.250. The zero-order chi connectivity index (χ0) is 16.1. The Morgan fingerprint density at radius 1 is 1.41 bits per heavy atom. The number of halogens is 2. The number of benzene rings is 1. The van der Waals surface area contributed by atoms with Gasteiger partial charge in [-0.15, -0.1) is 5.10 Å². The van der Waals surface area contributed by atoms with Crippen LogP contribution < -0.4 is 5.32 Å². The molecular weight excluding hydrogens is 333 g/mol. The number of esters is 1. The van der Waals surface area contributed by atoms with E-state index in [0.717, 1.165) is 0 Å². The summed E-state index contributed by atoms with van der Waals surface area (Å²) in [6.07, 6.45) is 0.259. The van der Waals surface area contributed by atoms with Gasteiger partial charge in [-0.3, -0.25) is 9.59 Å². The highest BCUT2D eigenvalue weighted by molar-refractivity contribution is 6.36. The average molecular weight is 344 g/mol. The van der Waals surface area contributed by atoms with E-state index in [9.17, 15) is 9.59 Å². The molecule has 0 aliphatic heterocycles. The Labute approximate surface area is 135 Å². The summed E-state index contributed by atoms with van der Waals surface area (Å²) in [6.45, 7) is 1.25. The highest BCUT2D eigenvalue weighted by Crippen LogP contribution is 2.25. The van der Waals surface area contributed by atoms with Gasteiger partial charge in [0.05, 0.1) is 10.7 Å². The van der Waals surface area contributed by atoms with Gasteiger partial charge in [-0.25, -0.2) is 4.68 Å². The number of rotatable bonds is 5. The van der Waals surface area contributed by atoms with Crippen molar-refractivity contribution < 1.29 is 14.3 Å². The summed E-state index contributed by atoms with van der Waals surface area (Å²) in [7, 11) is 0. The molecule has 1 amide bonds. The molecule has 22 heavy (non-hydrogen) atoms. The lowest BCUT2D eigenvalue weighted by atomic mass is 10.3. The van der Waals surface area contributed by atoms with Crippen molar-refractivity contribution in [3.05, 3.63) is 34.6 Å². The molecule has 0 unspecified atom stereocenters. The Morgan fingerprint density at radius 2 is 2.18 bits per heavy atom. The number of aromatic nitrogens is 4. The molecule has 1 heterocycles. The Kier molecular flexibility index (Phi) is 5.29. The van der Waals surface area contributed by atoms with E-state index in [-0.39, 0.29) is 11.6 Å². The van der Waals surface area contributed by atoms with Gasteiger partial charge < -0.3 is 10.1 Å². The highest BCUT2D eigenvalue weighted by Gasteiger charge is 2.19. The number of carbonyl (C=O) groups excluding carboxylic acids is 2. The Bertz CT molecular complexity index is 677. The third kappa shape index (κ3) is 4.40. The second kappa shape index (κ2) is 7.19. The van der Waals surface area contributed by atoms with Gasteiger partial charge in [-0.1, -0.05) is 23.2 Å². The zero-order valence-electron chi connectivity index (χ0n) is 11.4. The molecule has 10 heteroatoms. The van der Waals surface area contributed by atoms with Crippen LogP contribution in [0.1, 0.15) is 6.92 Å². The van der Waals surface area contributed by atoms with E-state index in [1.54, 1.807) is 12.1 Å². The fourth-order valence-corrected chi connectivity index (χ4v) is 1.95. The number of anilines is 1. The second-order valence-electron chi connectivity index (χ2n) is 4.25. The summed E-state index contributed by atoms with van der Waals surface area (Å²) in [5.74, 6) is -1.16. The smallest absolute Gasteiger partial charge is 0.328 e. The maximum atomic E-state index is 12.0. The molecule has 0 fully saturated rings. The molecular formula is C12H11Cl2N5O3. The van der Waals surface area contributed by atoms with Crippen LogP contribution in [0.15, 0.2) is 24.5 Å². The van der Waals surface area contributed by atoms with Crippen molar-refractivity contribution in [2.24, 2.45) is 0 Å². The molecule has 2 aromatic rings. The molecule has 1 aromatic carbocycles. The number of ether oxygens (including phenoxy) is 1. The third-order valence-electron chi connectivity index (χ3n) is 2.55. The highest BCUT2D eigenvalue weighted by atomic mass is 35.5. The van der Waals surface area contributed by atoms with Crippen molar-refractivity contribution in [3.8, 4) is 0 Å². The van der Waals surface area contributed by atoms with Gasteiger partial charge in [0.15, 0.2) is 6.10 Å². The number of nitrogens with one attached hydrogen (secondary N) is 1. The second-order valence-corrected chi connectivity index (χ2v) is 5.10. The zero-order valence-corrected chi connectivity index (χ0v) is 12.9. The molecule has 0 aliphatic rings. The lowest BCUT2D eigenvalue weighted by Crippen LogP contribution is -2.31. The van der Waals surface area contributed by atoms with Gasteiger partial charge in [0, 0.05) is 5.02 Å². The van der Waals surface area contributed by atoms with Crippen molar-refractivity contribution in [2.75, 3.05) is 5.32 Å². The Hall–Kier alpha value is -2.19. The van der Waals surface area contributed by atoms with E-state index in [0.29, 0.717) is 10.7 Å². The minimum atomic E-state index is -1.00. The summed E-state index contributed by atoms with van der Waals surface area (Å²) in [6, 6.07) is 4.63. The lowest BCUT2D eigenvalue weighted by Gasteiger charge is -2.14. The number of amides is 1. The molecule has 0 saturated heterocycles. The normalized spacial score (nSPS) is 11.8. The predicted molar refractivity (Wildman–Crippen MR) is 78.5 cm³/mol. The molecule has 0 saturated carbocycles. The number of hydrogen-bond donors (Lipinski definition) is 1. The van der Waals surface area contributed by atoms with Gasteiger partial charge in [-0.2, -0.15) is 0 Å². The number of nitrogens with zero attached hydrogens (tertiary/aromatic N) is 4. The minimum Gasteiger partial charge on any atom is -0.451 e. The van der Waals surface area contributed by atoms with Crippen molar-refractivity contribution in [2.45, 2.75) is 19.6 Å². The minimum absolute atomic E-state index is 0.188. The first kappa shape index (κ1) is 16.2. The van der Waals surface area contributed by atoms with E-state index >= 15 is 0 Å². The maximum absolute atomic E-state index is 12.0. The molecule has 116 valence electrons. The predicted octanol–water partition coefficient (Wildman–Crippen LogP) is 1.55. The largest absolute Gasteiger partial charge is 0.451 e. The van der Waals surface area contributed by atoms with Crippen LogP contribution in [-0.4, -0.2) is 38.2 Å². The van der Waals surface area contributed by atoms with E-state index < -0.39 is 18.0 Å². The van der Waals surface area contributed by atoms with Crippen molar-refractivity contribution in [1.82, 2.24) is 20.2 Å². The van der Waals surface area contributed by atoms with Gasteiger partial charge in [0.25, 0.3) is 5.91 Å². The van der Waals surface area contributed by atoms with Crippen LogP contribution in [0.2, 0.25) is 10.0 Å². The van der Waals surface area contributed by atoms with Gasteiger partial charge in [-0.05, 0) is 35.5 Å². The number of tetrazole rings is 1. The van der Waals surface area contributed by atoms with Gasteiger partial charge in [0.2, 0.25) is 0 Å². The van der Waals surface area contributed by atoms with E-state index in [2.05, 4.69) is 20.8 Å². The number of hydrogen-bond acceptors (Lipinski definition) is 6. The van der Waals surface area contributed by atoms with Crippen LogP contribution in [0.3, 0.4) is 0 Å². The van der Waals surface area contributed by atoms with Crippen LogP contribution in [0.5, 0.6) is 0 Å². The topological polar surface area (TPSA) is 99.0 Å². The summed E-state index contributed by atoms with van der Waals surface area (Å²) in [4.78, 5) is 23.6. The van der Waals surface area contributed by atoms with E-state index in [1.165, 1.54) is 24.0 Å². The van der Waals surface area contributed by atoms with Crippen LogP contribution in [0.25, 0.3) is 0 Å². The van der Waals surface area contributed by atoms with Crippen molar-refractivity contribution >= 4 is 40.8 Å². The molecule has 0 bridgehead atoms.